The van der Waals surface area contributed by atoms with Crippen LogP contribution in [0.15, 0.2) is 12.1 Å². The second kappa shape index (κ2) is 7.87. The molecule has 0 saturated heterocycles. The van der Waals surface area contributed by atoms with E-state index in [9.17, 15) is 0 Å². The Hall–Kier alpha value is -0.970. The second-order valence-electron chi connectivity index (χ2n) is 5.77. The van der Waals surface area contributed by atoms with Gasteiger partial charge in [0.25, 0.3) is 0 Å². The lowest BCUT2D eigenvalue weighted by atomic mass is 10.2. The molecule has 1 aromatic carbocycles. The zero-order chi connectivity index (χ0) is 15.2. The molecule has 118 valence electrons. The zero-order valence-corrected chi connectivity index (χ0v) is 13.9. The lowest BCUT2D eigenvalue weighted by molar-refractivity contribution is 0.174. The molecule has 0 spiro atoms. The number of hydrogen-bond acceptors (Lipinski definition) is 4. The van der Waals surface area contributed by atoms with Gasteiger partial charge in [-0.2, -0.15) is 0 Å². The molecule has 4 nitrogen and oxygen atoms in total. The Kier molecular flexibility index (Phi) is 6.15. The number of benzene rings is 1. The Balaban J connectivity index is 1.67. The number of hydrogen-bond donors (Lipinski definition) is 1. The molecule has 1 N–H and O–H groups in total. The largest absolute Gasteiger partial charge is 0.454 e. The summed E-state index contributed by atoms with van der Waals surface area (Å²) in [6, 6.07) is 4.55. The molecule has 5 heteroatoms. The van der Waals surface area contributed by atoms with Crippen LogP contribution in [0.4, 0.5) is 0 Å². The molecule has 0 bridgehead atoms. The number of unbranched alkanes of at least 4 members (excludes halogenated alkanes) is 1. The summed E-state index contributed by atoms with van der Waals surface area (Å²) in [6.07, 6.45) is 2.39. The third-order valence-corrected chi connectivity index (χ3v) is 4.09. The number of fused-ring (bicyclic) bond motifs is 1. The van der Waals surface area contributed by atoms with Crippen molar-refractivity contribution in [1.82, 2.24) is 10.2 Å². The highest BCUT2D eigenvalue weighted by Crippen LogP contribution is 2.39. The molecule has 2 rings (SSSR count). The topological polar surface area (TPSA) is 33.7 Å². The Morgan fingerprint density at radius 3 is 2.86 bits per heavy atom. The first-order valence-electron chi connectivity index (χ1n) is 7.57. The first-order chi connectivity index (χ1) is 10.1. The van der Waals surface area contributed by atoms with Gasteiger partial charge in [0.2, 0.25) is 6.79 Å². The van der Waals surface area contributed by atoms with Crippen molar-refractivity contribution in [2.75, 3.05) is 26.9 Å². The maximum Gasteiger partial charge on any atom is 0.231 e. The van der Waals surface area contributed by atoms with Crippen molar-refractivity contribution in [2.24, 2.45) is 0 Å². The van der Waals surface area contributed by atoms with Crippen LogP contribution in [0.3, 0.4) is 0 Å². The molecule has 0 unspecified atom stereocenters. The van der Waals surface area contributed by atoms with E-state index >= 15 is 0 Å². The van der Waals surface area contributed by atoms with Gasteiger partial charge in [-0.05, 0) is 64.5 Å². The van der Waals surface area contributed by atoms with Gasteiger partial charge < -0.3 is 19.7 Å². The minimum atomic E-state index is 0.259. The third kappa shape index (κ3) is 4.77. The average molecular weight is 313 g/mol. The Labute approximate surface area is 132 Å². The number of nitrogens with one attached hydrogen (secondary N) is 1. The fraction of sp³-hybridized carbons (Fsp3) is 0.625. The quantitative estimate of drug-likeness (QED) is 0.747. The monoisotopic (exact) mass is 312 g/mol. The molecule has 1 heterocycles. The van der Waals surface area contributed by atoms with Gasteiger partial charge in [-0.15, -0.1) is 0 Å². The molecule has 0 radical (unpaired) electrons. The van der Waals surface area contributed by atoms with Crippen molar-refractivity contribution >= 4 is 11.6 Å². The van der Waals surface area contributed by atoms with Gasteiger partial charge in [0.1, 0.15) is 0 Å². The molecule has 0 amide bonds. The summed E-state index contributed by atoms with van der Waals surface area (Å²) in [5.41, 5.74) is 1.13. The Morgan fingerprint density at radius 1 is 1.29 bits per heavy atom. The summed E-state index contributed by atoms with van der Waals surface area (Å²) in [6.45, 7) is 7.67. The molecule has 0 aromatic heterocycles. The summed E-state index contributed by atoms with van der Waals surface area (Å²) in [5.74, 6) is 1.41. The molecule has 0 aliphatic carbocycles. The van der Waals surface area contributed by atoms with Gasteiger partial charge >= 0.3 is 0 Å². The highest BCUT2D eigenvalue weighted by Gasteiger charge is 2.17. The summed E-state index contributed by atoms with van der Waals surface area (Å²) in [4.78, 5) is 2.37. The third-order valence-electron chi connectivity index (χ3n) is 3.81. The van der Waals surface area contributed by atoms with Crippen LogP contribution in [-0.4, -0.2) is 37.9 Å². The minimum absolute atomic E-state index is 0.259. The molecule has 0 fully saturated rings. The van der Waals surface area contributed by atoms with Crippen molar-refractivity contribution in [2.45, 2.75) is 39.3 Å². The van der Waals surface area contributed by atoms with E-state index in [4.69, 9.17) is 21.1 Å². The van der Waals surface area contributed by atoms with E-state index in [2.05, 4.69) is 31.1 Å². The SMILES string of the molecule is CC(C)N(C)CCCCNCc1cc(Cl)c2c(c1)OCO2. The van der Waals surface area contributed by atoms with Crippen molar-refractivity contribution in [3.63, 3.8) is 0 Å². The fourth-order valence-corrected chi connectivity index (χ4v) is 2.51. The molecule has 0 saturated carbocycles. The predicted octanol–water partition coefficient (Wildman–Crippen LogP) is 3.28. The van der Waals surface area contributed by atoms with E-state index < -0.39 is 0 Å². The fourth-order valence-electron chi connectivity index (χ4n) is 2.22. The predicted molar refractivity (Wildman–Crippen MR) is 86.3 cm³/mol. The van der Waals surface area contributed by atoms with Gasteiger partial charge in [-0.3, -0.25) is 0 Å². The van der Waals surface area contributed by atoms with Crippen molar-refractivity contribution in [3.8, 4) is 11.5 Å². The zero-order valence-electron chi connectivity index (χ0n) is 13.1. The van der Waals surface area contributed by atoms with Crippen molar-refractivity contribution in [3.05, 3.63) is 22.7 Å². The number of nitrogens with zero attached hydrogens (tertiary/aromatic N) is 1. The number of ether oxygens (including phenoxy) is 2. The van der Waals surface area contributed by atoms with Gasteiger partial charge in [-0.1, -0.05) is 11.6 Å². The van der Waals surface area contributed by atoms with E-state index in [1.165, 1.54) is 12.8 Å². The molecule has 21 heavy (non-hydrogen) atoms. The van der Waals surface area contributed by atoms with E-state index in [1.54, 1.807) is 0 Å². The normalized spacial score (nSPS) is 13.4. The number of halogens is 1. The summed E-state index contributed by atoms with van der Waals surface area (Å²) >= 11 is 6.16. The van der Waals surface area contributed by atoms with Crippen LogP contribution in [0.25, 0.3) is 0 Å². The summed E-state index contributed by atoms with van der Waals surface area (Å²) in [5, 5.41) is 4.07. The standard InChI is InChI=1S/C16H25ClN2O2/c1-12(2)19(3)7-5-4-6-18-10-13-8-14(17)16-15(9-13)20-11-21-16/h8-9,12,18H,4-7,10-11H2,1-3H3. The lowest BCUT2D eigenvalue weighted by Gasteiger charge is -2.20. The molecular weight excluding hydrogens is 288 g/mol. The first-order valence-corrected chi connectivity index (χ1v) is 7.94. The van der Waals surface area contributed by atoms with Crippen LogP contribution in [-0.2, 0) is 6.54 Å². The van der Waals surface area contributed by atoms with Gasteiger partial charge in [0.05, 0.1) is 5.02 Å². The molecular formula is C16H25ClN2O2. The van der Waals surface area contributed by atoms with Gasteiger partial charge in [0.15, 0.2) is 11.5 Å². The smallest absolute Gasteiger partial charge is 0.231 e. The molecule has 1 aliphatic heterocycles. The highest BCUT2D eigenvalue weighted by atomic mass is 35.5. The second-order valence-corrected chi connectivity index (χ2v) is 6.18. The molecule has 1 aromatic rings. The average Bonchev–Trinajstić information content (AvgIpc) is 2.91. The van der Waals surface area contributed by atoms with Gasteiger partial charge in [-0.25, -0.2) is 0 Å². The van der Waals surface area contributed by atoms with Crippen LogP contribution in [0.5, 0.6) is 11.5 Å². The van der Waals surface area contributed by atoms with Crippen LogP contribution in [0, 0.1) is 0 Å². The van der Waals surface area contributed by atoms with Crippen LogP contribution in [0.1, 0.15) is 32.3 Å². The minimum Gasteiger partial charge on any atom is -0.454 e. The van der Waals surface area contributed by atoms with Crippen LogP contribution < -0.4 is 14.8 Å². The number of rotatable bonds is 8. The Bertz CT molecular complexity index is 466. The van der Waals surface area contributed by atoms with E-state index in [0.717, 1.165) is 30.9 Å². The molecule has 1 aliphatic rings. The lowest BCUT2D eigenvalue weighted by Crippen LogP contribution is -2.27. The summed E-state index contributed by atoms with van der Waals surface area (Å²) in [7, 11) is 2.17. The van der Waals surface area contributed by atoms with Gasteiger partial charge in [0, 0.05) is 12.6 Å². The molecule has 0 atom stereocenters. The highest BCUT2D eigenvalue weighted by molar-refractivity contribution is 6.32. The van der Waals surface area contributed by atoms with E-state index in [1.807, 2.05) is 12.1 Å². The van der Waals surface area contributed by atoms with E-state index in [-0.39, 0.29) is 6.79 Å². The summed E-state index contributed by atoms with van der Waals surface area (Å²) < 4.78 is 10.7. The van der Waals surface area contributed by atoms with Crippen molar-refractivity contribution in [1.29, 1.82) is 0 Å². The van der Waals surface area contributed by atoms with Crippen LogP contribution in [0.2, 0.25) is 5.02 Å². The first kappa shape index (κ1) is 16.4. The van der Waals surface area contributed by atoms with Crippen molar-refractivity contribution < 1.29 is 9.47 Å². The maximum atomic E-state index is 6.16. The Morgan fingerprint density at radius 2 is 2.10 bits per heavy atom. The maximum absolute atomic E-state index is 6.16. The van der Waals surface area contributed by atoms with Crippen LogP contribution >= 0.6 is 11.6 Å². The van der Waals surface area contributed by atoms with E-state index in [0.29, 0.717) is 16.8 Å².